The van der Waals surface area contributed by atoms with E-state index >= 15 is 0 Å². The minimum atomic E-state index is 0.666. The van der Waals surface area contributed by atoms with E-state index in [2.05, 4.69) is 25.6 Å². The summed E-state index contributed by atoms with van der Waals surface area (Å²) in [6, 6.07) is 4.63. The molecular formula is C13H19N5. The van der Waals surface area contributed by atoms with Crippen molar-refractivity contribution in [3.8, 4) is 0 Å². The number of imidazole rings is 1. The van der Waals surface area contributed by atoms with Crippen molar-refractivity contribution in [2.45, 2.75) is 38.3 Å². The van der Waals surface area contributed by atoms with E-state index in [0.29, 0.717) is 6.04 Å². The van der Waals surface area contributed by atoms with E-state index in [1.165, 1.54) is 25.7 Å². The molecular weight excluding hydrogens is 226 g/mol. The highest BCUT2D eigenvalue weighted by atomic mass is 15.1. The Labute approximate surface area is 106 Å². The molecule has 1 fully saturated rings. The topological polar surface area (TPSA) is 65.6 Å². The molecule has 0 atom stereocenters. The zero-order chi connectivity index (χ0) is 12.4. The first-order valence-electron chi connectivity index (χ1n) is 6.62. The SMILES string of the molecule is CNc1ccc2[nH]c(CNC3CCCC3)nc2n1. The van der Waals surface area contributed by atoms with Crippen molar-refractivity contribution in [1.29, 1.82) is 0 Å². The van der Waals surface area contributed by atoms with E-state index in [1.54, 1.807) is 0 Å². The number of H-pyrrole nitrogens is 1. The predicted octanol–water partition coefficient (Wildman–Crippen LogP) is 2.03. The summed E-state index contributed by atoms with van der Waals surface area (Å²) in [5.41, 5.74) is 1.78. The summed E-state index contributed by atoms with van der Waals surface area (Å²) in [4.78, 5) is 12.2. The molecule has 0 radical (unpaired) electrons. The molecule has 0 aliphatic heterocycles. The Morgan fingerprint density at radius 3 is 2.89 bits per heavy atom. The zero-order valence-electron chi connectivity index (χ0n) is 10.7. The summed E-state index contributed by atoms with van der Waals surface area (Å²) >= 11 is 0. The monoisotopic (exact) mass is 245 g/mol. The second kappa shape index (κ2) is 4.94. The van der Waals surface area contributed by atoms with Gasteiger partial charge in [-0.2, -0.15) is 0 Å². The number of aromatic nitrogens is 3. The van der Waals surface area contributed by atoms with Crippen molar-refractivity contribution in [1.82, 2.24) is 20.3 Å². The summed E-state index contributed by atoms with van der Waals surface area (Å²) in [5, 5.41) is 6.57. The minimum absolute atomic E-state index is 0.666. The second-order valence-corrected chi connectivity index (χ2v) is 4.86. The van der Waals surface area contributed by atoms with Gasteiger partial charge in [-0.05, 0) is 25.0 Å². The lowest BCUT2D eigenvalue weighted by molar-refractivity contribution is 0.516. The lowest BCUT2D eigenvalue weighted by Gasteiger charge is -2.09. The first kappa shape index (κ1) is 11.5. The first-order chi connectivity index (χ1) is 8.85. The number of anilines is 1. The summed E-state index contributed by atoms with van der Waals surface area (Å²) in [5.74, 6) is 1.82. The average Bonchev–Trinajstić information content (AvgIpc) is 3.04. The maximum atomic E-state index is 4.51. The Hall–Kier alpha value is -1.62. The molecule has 1 aliphatic carbocycles. The number of rotatable bonds is 4. The fourth-order valence-electron chi connectivity index (χ4n) is 2.54. The van der Waals surface area contributed by atoms with Gasteiger partial charge in [0, 0.05) is 13.1 Å². The third-order valence-corrected chi connectivity index (χ3v) is 3.56. The van der Waals surface area contributed by atoms with E-state index in [1.807, 2.05) is 19.2 Å². The second-order valence-electron chi connectivity index (χ2n) is 4.86. The number of hydrogen-bond acceptors (Lipinski definition) is 4. The van der Waals surface area contributed by atoms with Crippen molar-refractivity contribution in [3.63, 3.8) is 0 Å². The largest absolute Gasteiger partial charge is 0.373 e. The van der Waals surface area contributed by atoms with Crippen molar-refractivity contribution >= 4 is 17.0 Å². The van der Waals surface area contributed by atoms with E-state index in [4.69, 9.17) is 0 Å². The maximum absolute atomic E-state index is 4.51. The minimum Gasteiger partial charge on any atom is -0.373 e. The number of pyridine rings is 1. The third-order valence-electron chi connectivity index (χ3n) is 3.56. The molecule has 2 aromatic rings. The molecule has 2 aromatic heterocycles. The van der Waals surface area contributed by atoms with Gasteiger partial charge in [-0.25, -0.2) is 9.97 Å². The Kier molecular flexibility index (Phi) is 3.15. The van der Waals surface area contributed by atoms with Crippen LogP contribution < -0.4 is 10.6 Å². The number of fused-ring (bicyclic) bond motifs is 1. The number of aromatic amines is 1. The van der Waals surface area contributed by atoms with Crippen LogP contribution in [0.5, 0.6) is 0 Å². The van der Waals surface area contributed by atoms with E-state index in [9.17, 15) is 0 Å². The van der Waals surface area contributed by atoms with Crippen molar-refractivity contribution < 1.29 is 0 Å². The van der Waals surface area contributed by atoms with Crippen LogP contribution in [0.3, 0.4) is 0 Å². The molecule has 1 saturated carbocycles. The van der Waals surface area contributed by atoms with Gasteiger partial charge in [-0.15, -0.1) is 0 Å². The number of nitrogens with one attached hydrogen (secondary N) is 3. The lowest BCUT2D eigenvalue weighted by atomic mass is 10.2. The molecule has 3 rings (SSSR count). The average molecular weight is 245 g/mol. The van der Waals surface area contributed by atoms with Crippen molar-refractivity contribution in [3.05, 3.63) is 18.0 Å². The smallest absolute Gasteiger partial charge is 0.179 e. The van der Waals surface area contributed by atoms with Crippen LogP contribution in [0.2, 0.25) is 0 Å². The van der Waals surface area contributed by atoms with Gasteiger partial charge >= 0.3 is 0 Å². The van der Waals surface area contributed by atoms with Gasteiger partial charge < -0.3 is 15.6 Å². The molecule has 0 bridgehead atoms. The molecule has 0 aromatic carbocycles. The van der Waals surface area contributed by atoms with Crippen LogP contribution in [0.4, 0.5) is 5.82 Å². The predicted molar refractivity (Wildman–Crippen MR) is 72.5 cm³/mol. The molecule has 5 heteroatoms. The van der Waals surface area contributed by atoms with E-state index in [0.717, 1.165) is 29.4 Å². The van der Waals surface area contributed by atoms with Gasteiger partial charge in [0.15, 0.2) is 5.65 Å². The Morgan fingerprint density at radius 2 is 2.11 bits per heavy atom. The van der Waals surface area contributed by atoms with Gasteiger partial charge in [0.1, 0.15) is 11.6 Å². The number of nitrogens with zero attached hydrogens (tertiary/aromatic N) is 2. The zero-order valence-corrected chi connectivity index (χ0v) is 10.7. The van der Waals surface area contributed by atoms with Crippen LogP contribution >= 0.6 is 0 Å². The molecule has 5 nitrogen and oxygen atoms in total. The van der Waals surface area contributed by atoms with Crippen LogP contribution in [0, 0.1) is 0 Å². The molecule has 1 aliphatic rings. The van der Waals surface area contributed by atoms with Gasteiger partial charge in [0.05, 0.1) is 12.1 Å². The van der Waals surface area contributed by atoms with Gasteiger partial charge in [-0.3, -0.25) is 0 Å². The summed E-state index contributed by atoms with van der Waals surface area (Å²) < 4.78 is 0. The fraction of sp³-hybridized carbons (Fsp3) is 0.538. The molecule has 0 saturated heterocycles. The number of hydrogen-bond donors (Lipinski definition) is 3. The summed E-state index contributed by atoms with van der Waals surface area (Å²) in [6.45, 7) is 0.802. The highest BCUT2D eigenvalue weighted by Gasteiger charge is 2.14. The quantitative estimate of drug-likeness (QED) is 0.771. The molecule has 3 N–H and O–H groups in total. The van der Waals surface area contributed by atoms with Crippen LogP contribution in [-0.2, 0) is 6.54 Å². The van der Waals surface area contributed by atoms with E-state index in [-0.39, 0.29) is 0 Å². The van der Waals surface area contributed by atoms with Gasteiger partial charge in [0.2, 0.25) is 0 Å². The Balaban J connectivity index is 1.72. The molecule has 18 heavy (non-hydrogen) atoms. The van der Waals surface area contributed by atoms with Gasteiger partial charge in [0.25, 0.3) is 0 Å². The maximum Gasteiger partial charge on any atom is 0.179 e. The Morgan fingerprint density at radius 1 is 1.28 bits per heavy atom. The molecule has 0 amide bonds. The van der Waals surface area contributed by atoms with Crippen molar-refractivity contribution in [2.75, 3.05) is 12.4 Å². The first-order valence-corrected chi connectivity index (χ1v) is 6.62. The van der Waals surface area contributed by atoms with Crippen LogP contribution in [0.15, 0.2) is 12.1 Å². The Bertz CT molecular complexity index is 527. The van der Waals surface area contributed by atoms with Gasteiger partial charge in [-0.1, -0.05) is 12.8 Å². The molecule has 96 valence electrons. The van der Waals surface area contributed by atoms with Crippen molar-refractivity contribution in [2.24, 2.45) is 0 Å². The van der Waals surface area contributed by atoms with Crippen LogP contribution in [0.25, 0.3) is 11.2 Å². The standard InChI is InChI=1S/C13H19N5/c1-14-11-7-6-10-13(17-11)18-12(16-10)8-15-9-4-2-3-5-9/h6-7,9,15H,2-5,8H2,1H3,(H2,14,16,17,18). The molecule has 0 unspecified atom stereocenters. The fourth-order valence-corrected chi connectivity index (χ4v) is 2.54. The third kappa shape index (κ3) is 2.31. The van der Waals surface area contributed by atoms with E-state index < -0.39 is 0 Å². The summed E-state index contributed by atoms with van der Waals surface area (Å²) in [6.07, 6.45) is 5.29. The highest BCUT2D eigenvalue weighted by Crippen LogP contribution is 2.18. The normalized spacial score (nSPS) is 16.5. The molecule has 2 heterocycles. The summed E-state index contributed by atoms with van der Waals surface area (Å²) in [7, 11) is 1.86. The lowest BCUT2D eigenvalue weighted by Crippen LogP contribution is -2.25. The van der Waals surface area contributed by atoms with Crippen LogP contribution in [-0.4, -0.2) is 28.0 Å². The molecule has 0 spiro atoms. The highest BCUT2D eigenvalue weighted by molar-refractivity contribution is 5.72. The van der Waals surface area contributed by atoms with Crippen LogP contribution in [0.1, 0.15) is 31.5 Å².